The molecule has 3 rings (SSSR count). The van der Waals surface area contributed by atoms with Crippen LogP contribution >= 0.6 is 0 Å². The molecule has 18 heavy (non-hydrogen) atoms. The molecule has 0 aliphatic carbocycles. The minimum atomic E-state index is -0.0654. The van der Waals surface area contributed by atoms with Gasteiger partial charge in [-0.15, -0.1) is 0 Å². The standard InChI is InChI=1S/C13H16N4O/c1-16-8-6-12(15-16)14-13(18)10-5-9-17-7-3-2-4-11(10)17/h5-6,8-9H,2-4,7H2,1H3,(H,14,15,18). The van der Waals surface area contributed by atoms with Crippen molar-refractivity contribution in [1.82, 2.24) is 14.3 Å². The van der Waals surface area contributed by atoms with E-state index in [-0.39, 0.29) is 5.91 Å². The molecule has 5 heteroatoms. The molecule has 0 unspecified atom stereocenters. The average molecular weight is 244 g/mol. The number of anilines is 1. The maximum absolute atomic E-state index is 12.2. The number of hydrogen-bond acceptors (Lipinski definition) is 2. The van der Waals surface area contributed by atoms with E-state index in [4.69, 9.17) is 0 Å². The third kappa shape index (κ3) is 1.92. The van der Waals surface area contributed by atoms with Gasteiger partial charge in [-0.3, -0.25) is 9.48 Å². The van der Waals surface area contributed by atoms with Gasteiger partial charge in [-0.05, 0) is 25.3 Å². The zero-order chi connectivity index (χ0) is 12.5. The zero-order valence-electron chi connectivity index (χ0n) is 10.4. The number of fused-ring (bicyclic) bond motifs is 1. The first kappa shape index (κ1) is 11.1. The van der Waals surface area contributed by atoms with Crippen LogP contribution in [0, 0.1) is 0 Å². The van der Waals surface area contributed by atoms with Gasteiger partial charge in [-0.2, -0.15) is 5.10 Å². The topological polar surface area (TPSA) is 51.9 Å². The first-order valence-corrected chi connectivity index (χ1v) is 6.23. The first-order chi connectivity index (χ1) is 8.74. The van der Waals surface area contributed by atoms with Gasteiger partial charge in [0.1, 0.15) is 0 Å². The van der Waals surface area contributed by atoms with Gasteiger partial charge in [0.05, 0.1) is 5.56 Å². The second kappa shape index (κ2) is 4.33. The van der Waals surface area contributed by atoms with Gasteiger partial charge in [0.2, 0.25) is 0 Å². The van der Waals surface area contributed by atoms with E-state index in [1.165, 1.54) is 6.42 Å². The number of rotatable bonds is 2. The summed E-state index contributed by atoms with van der Waals surface area (Å²) in [5, 5.41) is 6.98. The predicted molar refractivity (Wildman–Crippen MR) is 68.5 cm³/mol. The molecule has 0 radical (unpaired) electrons. The van der Waals surface area contributed by atoms with Crippen LogP contribution in [0.15, 0.2) is 24.5 Å². The number of amides is 1. The lowest BCUT2D eigenvalue weighted by atomic mass is 10.1. The van der Waals surface area contributed by atoms with Crippen LogP contribution in [0.5, 0.6) is 0 Å². The number of carbonyl (C=O) groups is 1. The van der Waals surface area contributed by atoms with Crippen LogP contribution in [0.2, 0.25) is 0 Å². The number of aromatic nitrogens is 3. The van der Waals surface area contributed by atoms with E-state index < -0.39 is 0 Å². The van der Waals surface area contributed by atoms with Crippen molar-refractivity contribution >= 4 is 11.7 Å². The normalized spacial score (nSPS) is 14.3. The van der Waals surface area contributed by atoms with Crippen LogP contribution in [0.1, 0.15) is 28.9 Å². The molecule has 1 aliphatic rings. The minimum absolute atomic E-state index is 0.0654. The Balaban J connectivity index is 1.82. The maximum atomic E-state index is 12.2. The predicted octanol–water partition coefficient (Wildman–Crippen LogP) is 1.81. The number of aryl methyl sites for hydroxylation is 2. The van der Waals surface area contributed by atoms with Gasteiger partial charge in [0.25, 0.3) is 5.91 Å². The van der Waals surface area contributed by atoms with E-state index in [1.54, 1.807) is 10.7 Å². The fourth-order valence-electron chi connectivity index (χ4n) is 2.44. The van der Waals surface area contributed by atoms with Crippen LogP contribution in [0.25, 0.3) is 0 Å². The molecule has 0 atom stereocenters. The van der Waals surface area contributed by atoms with E-state index in [0.717, 1.165) is 30.6 Å². The SMILES string of the molecule is Cn1ccc(NC(=O)c2ccn3c2CCCC3)n1. The van der Waals surface area contributed by atoms with Gasteiger partial charge in [0, 0.05) is 37.7 Å². The van der Waals surface area contributed by atoms with Crippen molar-refractivity contribution < 1.29 is 4.79 Å². The molecule has 0 aromatic carbocycles. The summed E-state index contributed by atoms with van der Waals surface area (Å²) < 4.78 is 3.85. The highest BCUT2D eigenvalue weighted by Gasteiger charge is 2.18. The van der Waals surface area contributed by atoms with Crippen molar-refractivity contribution in [2.24, 2.45) is 7.05 Å². The van der Waals surface area contributed by atoms with Gasteiger partial charge >= 0.3 is 0 Å². The molecule has 1 aliphatic heterocycles. The van der Waals surface area contributed by atoms with Crippen LogP contribution in [-0.2, 0) is 20.0 Å². The largest absolute Gasteiger partial charge is 0.351 e. The van der Waals surface area contributed by atoms with Crippen molar-refractivity contribution in [3.05, 3.63) is 35.8 Å². The summed E-state index contributed by atoms with van der Waals surface area (Å²) in [4.78, 5) is 12.2. The van der Waals surface area contributed by atoms with Crippen molar-refractivity contribution in [3.63, 3.8) is 0 Å². The third-order valence-corrected chi connectivity index (χ3v) is 3.34. The summed E-state index contributed by atoms with van der Waals surface area (Å²) in [5.41, 5.74) is 1.93. The molecule has 5 nitrogen and oxygen atoms in total. The quantitative estimate of drug-likeness (QED) is 0.876. The van der Waals surface area contributed by atoms with Crippen LogP contribution in [-0.4, -0.2) is 20.3 Å². The number of nitrogens with one attached hydrogen (secondary N) is 1. The fourth-order valence-corrected chi connectivity index (χ4v) is 2.44. The highest BCUT2D eigenvalue weighted by molar-refractivity contribution is 6.04. The van der Waals surface area contributed by atoms with E-state index in [0.29, 0.717) is 5.82 Å². The van der Waals surface area contributed by atoms with E-state index in [1.807, 2.05) is 25.5 Å². The van der Waals surface area contributed by atoms with Crippen molar-refractivity contribution in [3.8, 4) is 0 Å². The highest BCUT2D eigenvalue weighted by atomic mass is 16.1. The second-order valence-corrected chi connectivity index (χ2v) is 4.66. The molecule has 3 heterocycles. The Morgan fingerprint density at radius 1 is 1.33 bits per heavy atom. The zero-order valence-corrected chi connectivity index (χ0v) is 10.4. The monoisotopic (exact) mass is 244 g/mol. The Labute approximate surface area is 105 Å². The van der Waals surface area contributed by atoms with Gasteiger partial charge in [-0.1, -0.05) is 0 Å². The van der Waals surface area contributed by atoms with Crippen molar-refractivity contribution in [2.75, 3.05) is 5.32 Å². The molecule has 1 amide bonds. The molecular weight excluding hydrogens is 228 g/mol. The van der Waals surface area contributed by atoms with Crippen LogP contribution in [0.3, 0.4) is 0 Å². The lowest BCUT2D eigenvalue weighted by Gasteiger charge is -2.16. The Hall–Kier alpha value is -2.04. The molecule has 2 aromatic rings. The van der Waals surface area contributed by atoms with Crippen molar-refractivity contribution in [2.45, 2.75) is 25.8 Å². The highest BCUT2D eigenvalue weighted by Crippen LogP contribution is 2.20. The lowest BCUT2D eigenvalue weighted by Crippen LogP contribution is -2.17. The Morgan fingerprint density at radius 2 is 2.22 bits per heavy atom. The molecule has 0 saturated heterocycles. The molecule has 1 N–H and O–H groups in total. The minimum Gasteiger partial charge on any atom is -0.351 e. The van der Waals surface area contributed by atoms with Gasteiger partial charge in [0.15, 0.2) is 5.82 Å². The number of hydrogen-bond donors (Lipinski definition) is 1. The molecule has 0 fully saturated rings. The summed E-state index contributed by atoms with van der Waals surface area (Å²) in [5.74, 6) is 0.530. The fraction of sp³-hybridized carbons (Fsp3) is 0.385. The van der Waals surface area contributed by atoms with Crippen LogP contribution in [0.4, 0.5) is 5.82 Å². The Bertz CT molecular complexity index is 582. The molecule has 0 spiro atoms. The summed E-state index contributed by atoms with van der Waals surface area (Å²) in [6.07, 6.45) is 7.15. The molecular formula is C13H16N4O. The molecule has 0 bridgehead atoms. The Kier molecular flexibility index (Phi) is 2.66. The molecule has 94 valence electrons. The Morgan fingerprint density at radius 3 is 3.00 bits per heavy atom. The summed E-state index contributed by atoms with van der Waals surface area (Å²) in [6, 6.07) is 3.69. The van der Waals surface area contributed by atoms with E-state index in [9.17, 15) is 4.79 Å². The second-order valence-electron chi connectivity index (χ2n) is 4.66. The third-order valence-electron chi connectivity index (χ3n) is 3.34. The van der Waals surface area contributed by atoms with Gasteiger partial charge < -0.3 is 9.88 Å². The van der Waals surface area contributed by atoms with Crippen LogP contribution < -0.4 is 5.32 Å². The smallest absolute Gasteiger partial charge is 0.258 e. The first-order valence-electron chi connectivity index (χ1n) is 6.23. The van der Waals surface area contributed by atoms with E-state index >= 15 is 0 Å². The molecule has 2 aromatic heterocycles. The average Bonchev–Trinajstić information content (AvgIpc) is 2.95. The number of carbonyl (C=O) groups excluding carboxylic acids is 1. The van der Waals surface area contributed by atoms with Crippen molar-refractivity contribution in [1.29, 1.82) is 0 Å². The number of nitrogens with zero attached hydrogens (tertiary/aromatic N) is 3. The maximum Gasteiger partial charge on any atom is 0.258 e. The summed E-state index contributed by atoms with van der Waals surface area (Å²) in [7, 11) is 1.83. The molecule has 0 saturated carbocycles. The summed E-state index contributed by atoms with van der Waals surface area (Å²) in [6.45, 7) is 1.02. The van der Waals surface area contributed by atoms with Gasteiger partial charge in [-0.25, -0.2) is 0 Å². The lowest BCUT2D eigenvalue weighted by molar-refractivity contribution is 0.102. The summed E-state index contributed by atoms with van der Waals surface area (Å²) >= 11 is 0. The van der Waals surface area contributed by atoms with E-state index in [2.05, 4.69) is 15.0 Å².